The van der Waals surface area contributed by atoms with Gasteiger partial charge < -0.3 is 19.3 Å². The highest BCUT2D eigenvalue weighted by molar-refractivity contribution is 6.30. The van der Waals surface area contributed by atoms with Crippen molar-refractivity contribution in [1.29, 1.82) is 0 Å². The summed E-state index contributed by atoms with van der Waals surface area (Å²) < 4.78 is 17.7. The number of benzene rings is 2. The summed E-state index contributed by atoms with van der Waals surface area (Å²) in [4.78, 5) is 29.0. The molecule has 0 unspecified atom stereocenters. The van der Waals surface area contributed by atoms with Gasteiger partial charge in [0.25, 0.3) is 11.5 Å². The number of nitrogens with zero attached hydrogens (tertiary/aromatic N) is 2. The number of carbonyl (C=O) groups is 1. The molecule has 4 aromatic rings. The molecule has 2 aromatic heterocycles. The molecular formula is C23H20ClN3O5. The third-order valence-electron chi connectivity index (χ3n) is 4.49. The molecule has 0 atom stereocenters. The zero-order valence-electron chi connectivity index (χ0n) is 17.4. The molecule has 0 fully saturated rings. The number of halogens is 1. The Morgan fingerprint density at radius 2 is 1.88 bits per heavy atom. The molecule has 1 amide bonds. The summed E-state index contributed by atoms with van der Waals surface area (Å²) in [6, 6.07) is 15.2. The maximum Gasteiger partial charge on any atom is 0.287 e. The van der Waals surface area contributed by atoms with Crippen LogP contribution in [-0.2, 0) is 11.4 Å². The highest BCUT2D eigenvalue weighted by Gasteiger charge is 2.12. The lowest BCUT2D eigenvalue weighted by Gasteiger charge is -2.14. The van der Waals surface area contributed by atoms with Gasteiger partial charge >= 0.3 is 0 Å². The Hall–Kier alpha value is -3.78. The summed E-state index contributed by atoms with van der Waals surface area (Å²) >= 11 is 5.85. The largest absolute Gasteiger partial charge is 0.485 e. The Labute approximate surface area is 188 Å². The van der Waals surface area contributed by atoms with Crippen LogP contribution in [0.25, 0.3) is 5.65 Å². The van der Waals surface area contributed by atoms with E-state index in [2.05, 4.69) is 10.3 Å². The third-order valence-corrected chi connectivity index (χ3v) is 4.74. The quantitative estimate of drug-likeness (QED) is 0.451. The van der Waals surface area contributed by atoms with Gasteiger partial charge in [0.15, 0.2) is 12.3 Å². The van der Waals surface area contributed by atoms with Crippen molar-refractivity contribution in [3.63, 3.8) is 0 Å². The summed E-state index contributed by atoms with van der Waals surface area (Å²) in [5.74, 6) is 1.22. The van der Waals surface area contributed by atoms with Crippen LogP contribution >= 0.6 is 11.6 Å². The van der Waals surface area contributed by atoms with E-state index in [1.165, 1.54) is 6.07 Å². The highest BCUT2D eigenvalue weighted by atomic mass is 35.5. The van der Waals surface area contributed by atoms with Crippen molar-refractivity contribution in [3.8, 4) is 11.5 Å². The monoisotopic (exact) mass is 453 g/mol. The lowest BCUT2D eigenvalue weighted by molar-refractivity contribution is -0.118. The van der Waals surface area contributed by atoms with E-state index in [0.29, 0.717) is 39.3 Å². The number of fused-ring (bicyclic) bond motifs is 1. The number of amides is 1. The summed E-state index contributed by atoms with van der Waals surface area (Å²) in [7, 11) is 0. The van der Waals surface area contributed by atoms with Gasteiger partial charge in [0.05, 0.1) is 11.4 Å². The molecule has 0 saturated carbocycles. The number of nitrogens with one attached hydrogen (secondary N) is 1. The Kier molecular flexibility index (Phi) is 6.13. The molecule has 8 nitrogen and oxygen atoms in total. The van der Waals surface area contributed by atoms with E-state index in [-0.39, 0.29) is 24.7 Å². The lowest BCUT2D eigenvalue weighted by Crippen LogP contribution is -2.20. The third kappa shape index (κ3) is 5.09. The molecule has 0 saturated heterocycles. The second-order valence-electron chi connectivity index (χ2n) is 7.16. The van der Waals surface area contributed by atoms with Crippen molar-refractivity contribution in [2.45, 2.75) is 20.5 Å². The fourth-order valence-corrected chi connectivity index (χ4v) is 3.16. The number of aryl methyl sites for hydroxylation is 2. The van der Waals surface area contributed by atoms with Gasteiger partial charge in [0.2, 0.25) is 0 Å². The molecule has 0 aliphatic carbocycles. The molecule has 4 rings (SSSR count). The zero-order valence-corrected chi connectivity index (χ0v) is 18.2. The average Bonchev–Trinajstić information content (AvgIpc) is 3.13. The standard InChI is InChI=1S/C23H20ClN3O5/c1-14-3-8-20(31-12-17-11-23(29)27-21(25-17)10-15(2)32-27)19(9-14)26-22(28)13-30-18-6-4-16(24)5-7-18/h3-11H,12-13H2,1-2H3,(H,26,28). The minimum absolute atomic E-state index is 0.0448. The van der Waals surface area contributed by atoms with E-state index >= 15 is 0 Å². The average molecular weight is 454 g/mol. The fourth-order valence-electron chi connectivity index (χ4n) is 3.03. The summed E-state index contributed by atoms with van der Waals surface area (Å²) in [6.07, 6.45) is 0. The number of hydrogen-bond acceptors (Lipinski definition) is 6. The first-order valence-electron chi connectivity index (χ1n) is 9.79. The molecule has 0 aliphatic heterocycles. The second-order valence-corrected chi connectivity index (χ2v) is 7.60. The second kappa shape index (κ2) is 9.15. The van der Waals surface area contributed by atoms with Crippen LogP contribution in [-0.4, -0.2) is 22.1 Å². The smallest absolute Gasteiger partial charge is 0.287 e. The van der Waals surface area contributed by atoms with Gasteiger partial charge in [-0.05, 0) is 55.8 Å². The first kappa shape index (κ1) is 21.5. The van der Waals surface area contributed by atoms with Gasteiger partial charge in [-0.3, -0.25) is 9.59 Å². The van der Waals surface area contributed by atoms with Crippen molar-refractivity contribution in [3.05, 3.63) is 87.0 Å². The van der Waals surface area contributed by atoms with Crippen molar-refractivity contribution in [1.82, 2.24) is 9.56 Å². The number of hydrogen-bond donors (Lipinski definition) is 1. The molecule has 164 valence electrons. The number of rotatable bonds is 7. The summed E-state index contributed by atoms with van der Waals surface area (Å²) in [5.41, 5.74) is 1.95. The van der Waals surface area contributed by atoms with Crippen LogP contribution in [0.2, 0.25) is 5.02 Å². The molecular weight excluding hydrogens is 434 g/mol. The Balaban J connectivity index is 1.44. The highest BCUT2D eigenvalue weighted by Crippen LogP contribution is 2.26. The van der Waals surface area contributed by atoms with E-state index < -0.39 is 0 Å². The van der Waals surface area contributed by atoms with Crippen molar-refractivity contribution < 1.29 is 18.8 Å². The van der Waals surface area contributed by atoms with Crippen molar-refractivity contribution >= 4 is 28.8 Å². The molecule has 32 heavy (non-hydrogen) atoms. The van der Waals surface area contributed by atoms with Gasteiger partial charge in [-0.25, -0.2) is 4.98 Å². The van der Waals surface area contributed by atoms with Crippen LogP contribution in [0.5, 0.6) is 11.5 Å². The molecule has 0 radical (unpaired) electrons. The molecule has 2 heterocycles. The Morgan fingerprint density at radius 3 is 2.66 bits per heavy atom. The normalized spacial score (nSPS) is 10.8. The van der Waals surface area contributed by atoms with Crippen LogP contribution < -0.4 is 20.3 Å². The molecule has 1 N–H and O–H groups in total. The molecule has 0 aliphatic rings. The van der Waals surface area contributed by atoms with Gasteiger partial charge in [-0.2, -0.15) is 0 Å². The summed E-state index contributed by atoms with van der Waals surface area (Å²) in [6.45, 7) is 3.51. The van der Waals surface area contributed by atoms with E-state index in [1.807, 2.05) is 13.0 Å². The predicted molar refractivity (Wildman–Crippen MR) is 120 cm³/mol. The van der Waals surface area contributed by atoms with Crippen LogP contribution in [0.4, 0.5) is 5.69 Å². The van der Waals surface area contributed by atoms with E-state index in [1.54, 1.807) is 49.4 Å². The van der Waals surface area contributed by atoms with Gasteiger partial charge in [-0.1, -0.05) is 17.7 Å². The predicted octanol–water partition coefficient (Wildman–Crippen LogP) is 4.15. The van der Waals surface area contributed by atoms with E-state index in [0.717, 1.165) is 10.1 Å². The lowest BCUT2D eigenvalue weighted by atomic mass is 10.2. The fraction of sp³-hybridized carbons (Fsp3) is 0.174. The molecule has 9 heteroatoms. The van der Waals surface area contributed by atoms with Crippen molar-refractivity contribution in [2.24, 2.45) is 0 Å². The number of ether oxygens (including phenoxy) is 2. The van der Waals surface area contributed by atoms with Crippen molar-refractivity contribution in [2.75, 3.05) is 11.9 Å². The molecule has 0 spiro atoms. The number of carbonyl (C=O) groups excluding carboxylic acids is 1. The zero-order chi connectivity index (χ0) is 22.7. The molecule has 2 aromatic carbocycles. The van der Waals surface area contributed by atoms with Gasteiger partial charge in [0.1, 0.15) is 23.9 Å². The van der Waals surface area contributed by atoms with Crippen LogP contribution in [0.15, 0.2) is 63.9 Å². The van der Waals surface area contributed by atoms with Gasteiger partial charge in [0, 0.05) is 17.2 Å². The van der Waals surface area contributed by atoms with Crippen LogP contribution in [0.1, 0.15) is 17.0 Å². The topological polar surface area (TPSA) is 95.1 Å². The van der Waals surface area contributed by atoms with Crippen LogP contribution in [0, 0.1) is 13.8 Å². The Morgan fingerprint density at radius 1 is 1.09 bits per heavy atom. The summed E-state index contributed by atoms with van der Waals surface area (Å²) in [5, 5.41) is 3.38. The maximum atomic E-state index is 12.4. The minimum Gasteiger partial charge on any atom is -0.485 e. The van der Waals surface area contributed by atoms with Gasteiger partial charge in [-0.15, -0.1) is 4.57 Å². The maximum absolute atomic E-state index is 12.4. The number of aromatic nitrogens is 2. The SMILES string of the molecule is Cc1ccc(OCc2cc(=O)n3oc(C)cc3n2)c(NC(=O)COc2ccc(Cl)cc2)c1. The minimum atomic E-state index is -0.345. The number of anilines is 1. The Bertz CT molecular complexity index is 1330. The van der Waals surface area contributed by atoms with E-state index in [4.69, 9.17) is 25.6 Å². The van der Waals surface area contributed by atoms with E-state index in [9.17, 15) is 9.59 Å². The van der Waals surface area contributed by atoms with Crippen LogP contribution in [0.3, 0.4) is 0 Å². The first-order chi connectivity index (χ1) is 15.4. The first-order valence-corrected chi connectivity index (χ1v) is 10.2. The molecule has 0 bridgehead atoms.